The largest absolute Gasteiger partial charge is 0.350 e. The van der Waals surface area contributed by atoms with Crippen molar-refractivity contribution in [2.24, 2.45) is 0 Å². The number of amides is 1. The van der Waals surface area contributed by atoms with Crippen molar-refractivity contribution in [2.45, 2.75) is 22.8 Å². The Balaban J connectivity index is 1.49. The Hall–Kier alpha value is -2.55. The van der Waals surface area contributed by atoms with E-state index in [4.69, 9.17) is 0 Å². The van der Waals surface area contributed by atoms with Gasteiger partial charge in [-0.05, 0) is 53.8 Å². The molecule has 1 amide bonds. The Morgan fingerprint density at radius 2 is 1.97 bits per heavy atom. The molecule has 2 heterocycles. The van der Waals surface area contributed by atoms with Crippen molar-refractivity contribution < 1.29 is 9.00 Å². The molecule has 4 rings (SSSR count). The van der Waals surface area contributed by atoms with Gasteiger partial charge < -0.3 is 15.4 Å². The number of thioether (sulfide) groups is 1. The first-order valence-electron chi connectivity index (χ1n) is 9.43. The third-order valence-corrected chi connectivity index (χ3v) is 7.76. The third-order valence-electron chi connectivity index (χ3n) is 4.39. The molecule has 0 radical (unpaired) electrons. The number of para-hydroxylation sites is 1. The molecule has 0 saturated heterocycles. The third kappa shape index (κ3) is 5.33. The first-order valence-corrected chi connectivity index (χ1v) is 12.3. The van der Waals surface area contributed by atoms with Gasteiger partial charge in [-0.1, -0.05) is 31.2 Å². The summed E-state index contributed by atoms with van der Waals surface area (Å²) in [4.78, 5) is 12.4. The van der Waals surface area contributed by atoms with E-state index in [2.05, 4.69) is 22.3 Å². The number of benzene rings is 2. The van der Waals surface area contributed by atoms with Crippen molar-refractivity contribution in [2.75, 3.05) is 15.4 Å². The highest BCUT2D eigenvalue weighted by atomic mass is 32.2. The maximum atomic E-state index is 12.4. The molecule has 8 heteroatoms. The maximum absolute atomic E-state index is 12.4. The summed E-state index contributed by atoms with van der Waals surface area (Å²) >= 11 is 3.10. The van der Waals surface area contributed by atoms with Gasteiger partial charge in [0.15, 0.2) is 11.0 Å². The van der Waals surface area contributed by atoms with Crippen molar-refractivity contribution in [3.63, 3.8) is 0 Å². The van der Waals surface area contributed by atoms with E-state index in [-0.39, 0.29) is 11.2 Å². The highest BCUT2D eigenvalue weighted by Gasteiger charge is 2.18. The summed E-state index contributed by atoms with van der Waals surface area (Å²) in [5.74, 6) is -0.170. The van der Waals surface area contributed by atoms with Crippen molar-refractivity contribution in [1.29, 1.82) is 0 Å². The van der Waals surface area contributed by atoms with Crippen LogP contribution in [0.25, 0.3) is 0 Å². The van der Waals surface area contributed by atoms with Gasteiger partial charge in [0.2, 0.25) is 0 Å². The molecule has 1 aromatic heterocycles. The smallest absolute Gasteiger partial charge is 0.250 e. The van der Waals surface area contributed by atoms with Gasteiger partial charge in [-0.25, -0.2) is 4.21 Å². The van der Waals surface area contributed by atoms with E-state index >= 15 is 0 Å². The Kier molecular flexibility index (Phi) is 6.56. The monoisotopic (exact) mass is 455 g/mol. The molecule has 3 N–H and O–H groups in total. The fraction of sp³-hybridized carbons (Fsp3) is 0.136. The second-order valence-corrected chi connectivity index (χ2v) is 10.7. The molecule has 3 aromatic rings. The number of fused-ring (bicyclic) bond motifs is 1. The molecule has 0 spiro atoms. The molecule has 2 unspecified atom stereocenters. The van der Waals surface area contributed by atoms with E-state index in [1.54, 1.807) is 17.8 Å². The summed E-state index contributed by atoms with van der Waals surface area (Å²) in [6.07, 6.45) is 2.44. The lowest BCUT2D eigenvalue weighted by molar-refractivity contribution is -0.111. The lowest BCUT2D eigenvalue weighted by atomic mass is 10.1. The van der Waals surface area contributed by atoms with E-state index in [9.17, 15) is 9.00 Å². The van der Waals surface area contributed by atoms with E-state index in [1.807, 2.05) is 66.0 Å². The van der Waals surface area contributed by atoms with E-state index < -0.39 is 11.0 Å². The normalized spacial score (nSPS) is 18.0. The molecular formula is C22H21N3O2S3. The Morgan fingerprint density at radius 1 is 1.13 bits per heavy atom. The van der Waals surface area contributed by atoms with Gasteiger partial charge in [-0.2, -0.15) is 0 Å². The lowest BCUT2D eigenvalue weighted by Gasteiger charge is -2.12. The minimum atomic E-state index is -1.27. The molecule has 0 bridgehead atoms. The number of carbonyl (C=O) groups is 1. The van der Waals surface area contributed by atoms with Crippen LogP contribution in [0.2, 0.25) is 0 Å². The van der Waals surface area contributed by atoms with Crippen LogP contribution >= 0.6 is 23.1 Å². The molecule has 2 aromatic carbocycles. The number of hydrogen-bond donors (Lipinski definition) is 3. The van der Waals surface area contributed by atoms with Crippen molar-refractivity contribution in [3.05, 3.63) is 82.7 Å². The molecule has 30 heavy (non-hydrogen) atoms. The van der Waals surface area contributed by atoms with Crippen LogP contribution in [-0.4, -0.2) is 15.4 Å². The molecule has 1 aliphatic rings. The van der Waals surface area contributed by atoms with Crippen LogP contribution in [0.1, 0.15) is 12.5 Å². The number of nitrogens with one attached hydrogen (secondary N) is 3. The molecule has 2 atom stereocenters. The fourth-order valence-electron chi connectivity index (χ4n) is 3.09. The zero-order chi connectivity index (χ0) is 20.9. The van der Waals surface area contributed by atoms with Crippen LogP contribution in [0.3, 0.4) is 0 Å². The second kappa shape index (κ2) is 9.51. The summed E-state index contributed by atoms with van der Waals surface area (Å²) in [6, 6.07) is 19.0. The number of carbonyl (C=O) groups excluding carboxylic acids is 1. The maximum Gasteiger partial charge on any atom is 0.250 e. The highest BCUT2D eigenvalue weighted by molar-refractivity contribution is 8.03. The average Bonchev–Trinajstić information content (AvgIpc) is 3.20. The van der Waals surface area contributed by atoms with Gasteiger partial charge in [0.1, 0.15) is 4.21 Å². The Labute approximate surface area is 186 Å². The summed E-state index contributed by atoms with van der Waals surface area (Å²) in [7, 11) is -1.27. The number of hydrogen-bond acceptors (Lipinski definition) is 5. The first kappa shape index (κ1) is 20.7. The van der Waals surface area contributed by atoms with Crippen LogP contribution in [0, 0.1) is 0 Å². The number of thiophene rings is 1. The van der Waals surface area contributed by atoms with Crippen molar-refractivity contribution in [3.8, 4) is 0 Å². The molecule has 1 aliphatic heterocycles. The minimum Gasteiger partial charge on any atom is -0.350 e. The minimum absolute atomic E-state index is 0.170. The predicted octanol–water partition coefficient (Wildman–Crippen LogP) is 5.45. The van der Waals surface area contributed by atoms with Crippen LogP contribution in [0.5, 0.6) is 0 Å². The summed E-state index contributed by atoms with van der Waals surface area (Å²) in [5.41, 5.74) is 3.66. The van der Waals surface area contributed by atoms with Gasteiger partial charge in [-0.15, -0.1) is 23.1 Å². The Bertz CT molecular complexity index is 1080. The van der Waals surface area contributed by atoms with Crippen LogP contribution in [0.4, 0.5) is 17.1 Å². The quantitative estimate of drug-likeness (QED) is 0.447. The van der Waals surface area contributed by atoms with Crippen LogP contribution in [-0.2, 0) is 22.2 Å². The molecule has 0 fully saturated rings. The van der Waals surface area contributed by atoms with E-state index in [0.29, 0.717) is 0 Å². The topological polar surface area (TPSA) is 70.2 Å². The summed E-state index contributed by atoms with van der Waals surface area (Å²) in [6.45, 7) is 2.13. The molecule has 5 nitrogen and oxygen atoms in total. The molecular weight excluding hydrogens is 434 g/mol. The zero-order valence-corrected chi connectivity index (χ0v) is 18.7. The van der Waals surface area contributed by atoms with Gasteiger partial charge in [0.05, 0.1) is 5.03 Å². The fourth-order valence-corrected chi connectivity index (χ4v) is 5.87. The van der Waals surface area contributed by atoms with E-state index in [1.165, 1.54) is 11.3 Å². The van der Waals surface area contributed by atoms with Gasteiger partial charge in [-0.3, -0.25) is 4.79 Å². The Morgan fingerprint density at radius 3 is 2.73 bits per heavy atom. The number of rotatable bonds is 5. The van der Waals surface area contributed by atoms with Crippen LogP contribution < -0.4 is 15.4 Å². The second-order valence-electron chi connectivity index (χ2n) is 6.80. The van der Waals surface area contributed by atoms with Crippen LogP contribution in [0.15, 0.2) is 81.4 Å². The van der Waals surface area contributed by atoms with Gasteiger partial charge >= 0.3 is 0 Å². The van der Waals surface area contributed by atoms with E-state index in [0.717, 1.165) is 38.3 Å². The van der Waals surface area contributed by atoms with Gasteiger partial charge in [0, 0.05) is 28.4 Å². The highest BCUT2D eigenvalue weighted by Crippen LogP contribution is 2.35. The summed E-state index contributed by atoms with van der Waals surface area (Å²) in [5, 5.41) is 9.26. The van der Waals surface area contributed by atoms with Crippen molar-refractivity contribution in [1.82, 2.24) is 0 Å². The molecule has 0 saturated carbocycles. The molecule has 154 valence electrons. The first-order chi connectivity index (χ1) is 14.6. The molecule has 0 aliphatic carbocycles. The van der Waals surface area contributed by atoms with Crippen molar-refractivity contribution >= 4 is 57.1 Å². The van der Waals surface area contributed by atoms with Gasteiger partial charge in [0.25, 0.3) is 5.91 Å². The summed E-state index contributed by atoms with van der Waals surface area (Å²) < 4.78 is 16.3. The standard InChI is InChI=1S/C22H21N3O2S3/c1-15-12-16-13-18(25-30(27)22-8-5-11-28-22)9-10-19(16)24-21(29-15)14-20(26)23-17-6-3-2-4-7-17/h2-11,13-15,24-25H,12H2,1H3,(H,23,26)/b21-14-. The SMILES string of the molecule is CC1Cc2cc(NS(=O)c3cccs3)ccc2N/C(=C/C(=O)Nc2ccccc2)S1. The average molecular weight is 456 g/mol. The number of anilines is 3. The zero-order valence-electron chi connectivity index (χ0n) is 16.3. The lowest BCUT2D eigenvalue weighted by Crippen LogP contribution is -2.10. The predicted molar refractivity (Wildman–Crippen MR) is 128 cm³/mol.